The van der Waals surface area contributed by atoms with E-state index in [1.807, 2.05) is 0 Å². The summed E-state index contributed by atoms with van der Waals surface area (Å²) < 4.78 is 13.0. The maximum Gasteiger partial charge on any atom is 0.215 e. The summed E-state index contributed by atoms with van der Waals surface area (Å²) in [5.41, 5.74) is 7.77. The molecule has 2 rings (SSSR count). The molecular formula is C11H12ClFN2. The van der Waals surface area contributed by atoms with Crippen LogP contribution in [0.15, 0.2) is 6.07 Å². The Labute approximate surface area is 92.7 Å². The quantitative estimate of drug-likeness (QED) is 0.589. The highest BCUT2D eigenvalue weighted by Crippen LogP contribution is 2.46. The van der Waals surface area contributed by atoms with E-state index < -0.39 is 5.97 Å². The molecule has 1 saturated carbocycles. The van der Waals surface area contributed by atoms with E-state index >= 15 is 0 Å². The summed E-state index contributed by atoms with van der Waals surface area (Å²) in [4.78, 5) is 0. The van der Waals surface area contributed by atoms with E-state index in [4.69, 9.17) is 22.7 Å². The van der Waals surface area contributed by atoms with Crippen LogP contribution in [0.3, 0.4) is 0 Å². The van der Waals surface area contributed by atoms with Crippen LogP contribution in [0.5, 0.6) is 0 Å². The van der Waals surface area contributed by atoms with E-state index in [1.165, 1.54) is 0 Å². The molecule has 1 aromatic rings. The van der Waals surface area contributed by atoms with Crippen LogP contribution >= 0.6 is 11.6 Å². The summed E-state index contributed by atoms with van der Waals surface area (Å²) in [5, 5.41) is 7.65. The molecule has 0 aliphatic heterocycles. The monoisotopic (exact) mass is 226 g/mol. The standard InChI is InChI=1S/C11H12ClFN2/c1-5-9(6-2-3-6)7(12)4-8(14)10(5)11(13)15/h4,6,15H,2-3,14H2,1H3. The Bertz CT molecular complexity index is 439. The summed E-state index contributed by atoms with van der Waals surface area (Å²) >= 11 is 6.07. The Morgan fingerprint density at radius 1 is 1.60 bits per heavy atom. The summed E-state index contributed by atoms with van der Waals surface area (Å²) in [6, 6.07) is 1.55. The molecule has 0 saturated heterocycles. The van der Waals surface area contributed by atoms with Gasteiger partial charge in [0.05, 0.1) is 5.56 Å². The van der Waals surface area contributed by atoms with Gasteiger partial charge in [-0.2, -0.15) is 4.39 Å². The summed E-state index contributed by atoms with van der Waals surface area (Å²) in [7, 11) is 0. The molecular weight excluding hydrogens is 215 g/mol. The van der Waals surface area contributed by atoms with Crippen molar-refractivity contribution in [2.45, 2.75) is 25.7 Å². The number of nitrogen functional groups attached to an aromatic ring is 1. The number of anilines is 1. The van der Waals surface area contributed by atoms with Gasteiger partial charge in [-0.1, -0.05) is 11.6 Å². The van der Waals surface area contributed by atoms with Crippen LogP contribution in [0, 0.1) is 12.3 Å². The summed E-state index contributed by atoms with van der Waals surface area (Å²) in [5.74, 6) is -0.556. The Kier molecular flexibility index (Phi) is 2.43. The van der Waals surface area contributed by atoms with Crippen molar-refractivity contribution < 1.29 is 4.39 Å². The van der Waals surface area contributed by atoms with Gasteiger partial charge in [0.25, 0.3) is 0 Å². The fourth-order valence-electron chi connectivity index (χ4n) is 1.98. The first-order chi connectivity index (χ1) is 7.02. The molecule has 1 aliphatic rings. The Balaban J connectivity index is 2.65. The summed E-state index contributed by atoms with van der Waals surface area (Å²) in [6.07, 6.45) is 2.17. The number of hydrogen-bond donors (Lipinski definition) is 2. The van der Waals surface area contributed by atoms with Crippen LogP contribution < -0.4 is 5.73 Å². The van der Waals surface area contributed by atoms with E-state index in [-0.39, 0.29) is 11.3 Å². The lowest BCUT2D eigenvalue weighted by atomic mass is 9.97. The number of halogens is 2. The number of rotatable bonds is 2. The van der Waals surface area contributed by atoms with E-state index in [0.717, 1.165) is 24.0 Å². The molecule has 3 N–H and O–H groups in total. The van der Waals surface area contributed by atoms with Crippen molar-refractivity contribution in [2.75, 3.05) is 5.73 Å². The zero-order valence-electron chi connectivity index (χ0n) is 8.40. The molecule has 1 fully saturated rings. The third-order valence-electron chi connectivity index (χ3n) is 2.81. The number of benzene rings is 1. The van der Waals surface area contributed by atoms with Crippen LogP contribution in [0.2, 0.25) is 5.02 Å². The zero-order chi connectivity index (χ0) is 11.2. The minimum absolute atomic E-state index is 0.196. The Morgan fingerprint density at radius 3 is 2.67 bits per heavy atom. The van der Waals surface area contributed by atoms with Gasteiger partial charge in [0.15, 0.2) is 0 Å². The molecule has 1 aromatic carbocycles. The highest BCUT2D eigenvalue weighted by molar-refractivity contribution is 6.32. The molecule has 2 nitrogen and oxygen atoms in total. The number of nitrogens with two attached hydrogens (primary N) is 1. The largest absolute Gasteiger partial charge is 0.398 e. The van der Waals surface area contributed by atoms with Crippen molar-refractivity contribution in [3.63, 3.8) is 0 Å². The van der Waals surface area contributed by atoms with E-state index in [1.54, 1.807) is 13.0 Å². The molecule has 0 radical (unpaired) electrons. The van der Waals surface area contributed by atoms with Crippen LogP contribution in [-0.2, 0) is 0 Å². The third-order valence-corrected chi connectivity index (χ3v) is 3.13. The molecule has 0 bridgehead atoms. The van der Waals surface area contributed by atoms with Crippen molar-refractivity contribution >= 4 is 23.3 Å². The van der Waals surface area contributed by atoms with Crippen LogP contribution in [0.25, 0.3) is 0 Å². The fraction of sp³-hybridized carbons (Fsp3) is 0.364. The van der Waals surface area contributed by atoms with Gasteiger partial charge in [0.2, 0.25) is 5.97 Å². The molecule has 0 atom stereocenters. The van der Waals surface area contributed by atoms with E-state index in [2.05, 4.69) is 0 Å². The van der Waals surface area contributed by atoms with Crippen molar-refractivity contribution in [2.24, 2.45) is 0 Å². The van der Waals surface area contributed by atoms with Gasteiger partial charge in [-0.15, -0.1) is 0 Å². The van der Waals surface area contributed by atoms with Crippen molar-refractivity contribution in [3.8, 4) is 0 Å². The van der Waals surface area contributed by atoms with Gasteiger partial charge >= 0.3 is 0 Å². The number of nitrogens with one attached hydrogen (secondary N) is 1. The number of hydrogen-bond acceptors (Lipinski definition) is 2. The van der Waals surface area contributed by atoms with Gasteiger partial charge in [-0.25, -0.2) is 0 Å². The first kappa shape index (κ1) is 10.4. The lowest BCUT2D eigenvalue weighted by molar-refractivity contribution is 0.796. The minimum atomic E-state index is -0.983. The molecule has 80 valence electrons. The molecule has 0 amide bonds. The van der Waals surface area contributed by atoms with Crippen molar-refractivity contribution in [1.82, 2.24) is 0 Å². The van der Waals surface area contributed by atoms with Gasteiger partial charge in [-0.3, -0.25) is 5.41 Å². The van der Waals surface area contributed by atoms with Gasteiger partial charge < -0.3 is 5.73 Å². The molecule has 0 spiro atoms. The fourth-order valence-corrected chi connectivity index (χ4v) is 2.39. The molecule has 0 heterocycles. The van der Waals surface area contributed by atoms with Gasteiger partial charge in [0.1, 0.15) is 0 Å². The molecule has 4 heteroatoms. The second-order valence-corrected chi connectivity index (χ2v) is 4.36. The minimum Gasteiger partial charge on any atom is -0.398 e. The van der Waals surface area contributed by atoms with Crippen LogP contribution in [0.4, 0.5) is 10.1 Å². The zero-order valence-corrected chi connectivity index (χ0v) is 9.16. The molecule has 0 unspecified atom stereocenters. The highest BCUT2D eigenvalue weighted by atomic mass is 35.5. The summed E-state index contributed by atoms with van der Waals surface area (Å²) in [6.45, 7) is 1.78. The van der Waals surface area contributed by atoms with E-state index in [9.17, 15) is 4.39 Å². The lowest BCUT2D eigenvalue weighted by Gasteiger charge is -2.13. The maximum atomic E-state index is 13.0. The van der Waals surface area contributed by atoms with Crippen LogP contribution in [-0.4, -0.2) is 5.97 Å². The molecule has 0 aromatic heterocycles. The van der Waals surface area contributed by atoms with Crippen molar-refractivity contribution in [1.29, 1.82) is 5.41 Å². The average Bonchev–Trinajstić information content (AvgIpc) is 2.85. The molecule has 1 aliphatic carbocycles. The van der Waals surface area contributed by atoms with Gasteiger partial charge in [0, 0.05) is 10.7 Å². The van der Waals surface area contributed by atoms with E-state index in [0.29, 0.717) is 10.9 Å². The first-order valence-corrected chi connectivity index (χ1v) is 5.23. The lowest BCUT2D eigenvalue weighted by Crippen LogP contribution is -2.05. The second kappa shape index (κ2) is 3.49. The highest BCUT2D eigenvalue weighted by Gasteiger charge is 2.29. The maximum absolute atomic E-state index is 13.0. The van der Waals surface area contributed by atoms with Crippen LogP contribution in [0.1, 0.15) is 35.4 Å². The average molecular weight is 227 g/mol. The topological polar surface area (TPSA) is 49.9 Å². The Morgan fingerprint density at radius 2 is 2.20 bits per heavy atom. The third kappa shape index (κ3) is 1.72. The predicted octanol–water partition coefficient (Wildman–Crippen LogP) is 3.40. The van der Waals surface area contributed by atoms with Crippen molar-refractivity contribution in [3.05, 3.63) is 27.8 Å². The first-order valence-electron chi connectivity index (χ1n) is 4.85. The smallest absolute Gasteiger partial charge is 0.215 e. The molecule has 15 heavy (non-hydrogen) atoms. The predicted molar refractivity (Wildman–Crippen MR) is 60.5 cm³/mol. The normalized spacial score (nSPS) is 15.4. The van der Waals surface area contributed by atoms with Gasteiger partial charge in [-0.05, 0) is 42.9 Å². The Hall–Kier alpha value is -1.09. The SMILES string of the molecule is Cc1c(C(=N)F)c(N)cc(Cl)c1C1CC1. The second-order valence-electron chi connectivity index (χ2n) is 3.95.